The van der Waals surface area contributed by atoms with Crippen LogP contribution < -0.4 is 0 Å². The predicted molar refractivity (Wildman–Crippen MR) is 93.5 cm³/mol. The number of ether oxygens (including phenoxy) is 1. The van der Waals surface area contributed by atoms with E-state index in [9.17, 15) is 13.2 Å². The lowest BCUT2D eigenvalue weighted by atomic mass is 10.2. The molecule has 0 radical (unpaired) electrons. The van der Waals surface area contributed by atoms with Gasteiger partial charge in [-0.1, -0.05) is 37.2 Å². The summed E-state index contributed by atoms with van der Waals surface area (Å²) in [6, 6.07) is 10.8. The molecular formula is C18H18N2O6S. The second kappa shape index (κ2) is 7.75. The molecule has 27 heavy (non-hydrogen) atoms. The summed E-state index contributed by atoms with van der Waals surface area (Å²) in [5.74, 6) is -0.272. The van der Waals surface area contributed by atoms with Crippen LogP contribution in [-0.2, 0) is 26.9 Å². The zero-order chi connectivity index (χ0) is 19.4. The topological polar surface area (TPSA) is 112 Å². The van der Waals surface area contributed by atoms with Crippen molar-refractivity contribution in [1.29, 1.82) is 0 Å². The van der Waals surface area contributed by atoms with Crippen LogP contribution in [0.2, 0.25) is 0 Å². The molecule has 8 nitrogen and oxygen atoms in total. The lowest BCUT2D eigenvalue weighted by Crippen LogP contribution is -2.05. The summed E-state index contributed by atoms with van der Waals surface area (Å²) in [6.07, 6.45) is 0. The Balaban J connectivity index is 1.62. The first-order valence-corrected chi connectivity index (χ1v) is 9.86. The predicted octanol–water partition coefficient (Wildman–Crippen LogP) is 3.12. The first-order valence-electron chi connectivity index (χ1n) is 8.21. The number of aromatic nitrogens is 2. The first-order chi connectivity index (χ1) is 12.8. The molecule has 0 saturated heterocycles. The first kappa shape index (κ1) is 18.8. The van der Waals surface area contributed by atoms with Gasteiger partial charge in [-0.05, 0) is 24.3 Å². The molecule has 9 heteroatoms. The van der Waals surface area contributed by atoms with Gasteiger partial charge in [0.2, 0.25) is 5.76 Å². The fraction of sp³-hybridized carbons (Fsp3) is 0.278. The monoisotopic (exact) mass is 390 g/mol. The number of rotatable bonds is 7. The molecule has 2 aromatic heterocycles. The Kier molecular flexibility index (Phi) is 5.41. The van der Waals surface area contributed by atoms with E-state index in [0.29, 0.717) is 5.82 Å². The number of hydrogen-bond acceptors (Lipinski definition) is 8. The Labute approximate surface area is 156 Å². The maximum absolute atomic E-state index is 12.3. The molecule has 142 valence electrons. The summed E-state index contributed by atoms with van der Waals surface area (Å²) in [5.41, 5.74) is 0. The van der Waals surface area contributed by atoms with Crippen LogP contribution >= 0.6 is 0 Å². The third-order valence-corrected chi connectivity index (χ3v) is 5.28. The summed E-state index contributed by atoms with van der Waals surface area (Å²) >= 11 is 0. The maximum atomic E-state index is 12.3. The van der Waals surface area contributed by atoms with Crippen molar-refractivity contribution >= 4 is 15.8 Å². The van der Waals surface area contributed by atoms with E-state index in [1.807, 2.05) is 13.8 Å². The fourth-order valence-corrected chi connectivity index (χ4v) is 3.49. The number of carbonyl (C=O) groups excluding carboxylic acids is 1. The van der Waals surface area contributed by atoms with E-state index in [0.717, 1.165) is 0 Å². The van der Waals surface area contributed by atoms with Gasteiger partial charge in [0.1, 0.15) is 11.5 Å². The molecule has 0 fully saturated rings. The van der Waals surface area contributed by atoms with E-state index in [4.69, 9.17) is 13.7 Å². The van der Waals surface area contributed by atoms with Crippen molar-refractivity contribution in [2.45, 2.75) is 37.0 Å². The van der Waals surface area contributed by atoms with Gasteiger partial charge < -0.3 is 13.7 Å². The van der Waals surface area contributed by atoms with Gasteiger partial charge in [0.05, 0.1) is 4.90 Å². The van der Waals surface area contributed by atoms with E-state index < -0.39 is 15.8 Å². The Morgan fingerprint density at radius 2 is 1.89 bits per heavy atom. The van der Waals surface area contributed by atoms with Gasteiger partial charge in [-0.2, -0.15) is 4.98 Å². The van der Waals surface area contributed by atoms with Gasteiger partial charge in [0, 0.05) is 5.92 Å². The number of hydrogen-bond donors (Lipinski definition) is 0. The smallest absolute Gasteiger partial charge is 0.374 e. The highest BCUT2D eigenvalue weighted by molar-refractivity contribution is 7.90. The molecule has 1 aromatic carbocycles. The molecule has 3 rings (SSSR count). The van der Waals surface area contributed by atoms with Gasteiger partial charge in [0.15, 0.2) is 22.3 Å². The number of esters is 1. The highest BCUT2D eigenvalue weighted by Crippen LogP contribution is 2.19. The lowest BCUT2D eigenvalue weighted by Gasteiger charge is -2.02. The minimum atomic E-state index is -3.57. The average Bonchev–Trinajstić information content (AvgIpc) is 3.30. The van der Waals surface area contributed by atoms with Crippen LogP contribution in [-0.4, -0.2) is 24.5 Å². The van der Waals surface area contributed by atoms with Crippen LogP contribution in [0.15, 0.2) is 56.3 Å². The SMILES string of the molecule is CC(C)c1noc(COC(=O)c2ccc(CS(=O)(=O)c3ccccc3)o2)n1. The Bertz CT molecular complexity index is 1020. The van der Waals surface area contributed by atoms with Crippen molar-refractivity contribution in [3.8, 4) is 0 Å². The average molecular weight is 390 g/mol. The van der Waals surface area contributed by atoms with Gasteiger partial charge in [-0.15, -0.1) is 0 Å². The molecule has 0 saturated carbocycles. The van der Waals surface area contributed by atoms with Gasteiger partial charge in [0.25, 0.3) is 5.89 Å². The molecule has 0 aliphatic heterocycles. The summed E-state index contributed by atoms with van der Waals surface area (Å²) < 4.78 is 40.0. The van der Waals surface area contributed by atoms with Gasteiger partial charge >= 0.3 is 5.97 Å². The molecule has 2 heterocycles. The number of benzene rings is 1. The quantitative estimate of drug-likeness (QED) is 0.566. The molecule has 3 aromatic rings. The molecule has 0 aliphatic rings. The van der Waals surface area contributed by atoms with E-state index >= 15 is 0 Å². The fourth-order valence-electron chi connectivity index (χ4n) is 2.22. The van der Waals surface area contributed by atoms with Gasteiger partial charge in [-0.3, -0.25) is 0 Å². The Morgan fingerprint density at radius 3 is 2.56 bits per heavy atom. The minimum Gasteiger partial charge on any atom is -0.453 e. The van der Waals surface area contributed by atoms with Crippen LogP contribution in [0.25, 0.3) is 0 Å². The van der Waals surface area contributed by atoms with Crippen LogP contribution in [0.3, 0.4) is 0 Å². The number of carbonyl (C=O) groups is 1. The Hall–Kier alpha value is -2.94. The third-order valence-electron chi connectivity index (χ3n) is 3.62. The summed E-state index contributed by atoms with van der Waals surface area (Å²) in [6.45, 7) is 3.62. The highest BCUT2D eigenvalue weighted by atomic mass is 32.2. The molecule has 0 N–H and O–H groups in total. The maximum Gasteiger partial charge on any atom is 0.374 e. The number of sulfone groups is 1. The minimum absolute atomic E-state index is 0.0948. The van der Waals surface area contributed by atoms with Crippen molar-refractivity contribution in [3.05, 3.63) is 65.7 Å². The Morgan fingerprint density at radius 1 is 1.15 bits per heavy atom. The third kappa shape index (κ3) is 4.62. The normalized spacial score (nSPS) is 11.7. The van der Waals surface area contributed by atoms with Crippen LogP contribution in [0, 0.1) is 0 Å². The standard InChI is InChI=1S/C18H18N2O6S/c1-12(2)17-19-16(26-20-17)10-24-18(21)15-9-8-13(25-15)11-27(22,23)14-6-4-3-5-7-14/h3-9,12H,10-11H2,1-2H3. The van der Waals surface area contributed by atoms with Gasteiger partial charge in [-0.25, -0.2) is 13.2 Å². The van der Waals surface area contributed by atoms with E-state index in [2.05, 4.69) is 10.1 Å². The number of furan rings is 1. The molecule has 0 amide bonds. The second-order valence-electron chi connectivity index (χ2n) is 6.12. The van der Waals surface area contributed by atoms with Crippen molar-refractivity contribution in [3.63, 3.8) is 0 Å². The van der Waals surface area contributed by atoms with Crippen molar-refractivity contribution < 1.29 is 26.9 Å². The van der Waals surface area contributed by atoms with Crippen molar-refractivity contribution in [2.75, 3.05) is 0 Å². The van der Waals surface area contributed by atoms with E-state index in [-0.39, 0.29) is 40.6 Å². The molecule has 0 bridgehead atoms. The molecule has 0 unspecified atom stereocenters. The van der Waals surface area contributed by atoms with E-state index in [1.165, 1.54) is 24.3 Å². The number of nitrogens with zero attached hydrogens (tertiary/aromatic N) is 2. The highest BCUT2D eigenvalue weighted by Gasteiger charge is 2.20. The van der Waals surface area contributed by atoms with Crippen molar-refractivity contribution in [1.82, 2.24) is 10.1 Å². The summed E-state index contributed by atoms with van der Waals surface area (Å²) in [5, 5.41) is 3.77. The largest absolute Gasteiger partial charge is 0.453 e. The van der Waals surface area contributed by atoms with Crippen molar-refractivity contribution in [2.24, 2.45) is 0 Å². The van der Waals surface area contributed by atoms with E-state index in [1.54, 1.807) is 18.2 Å². The van der Waals surface area contributed by atoms with Crippen LogP contribution in [0.4, 0.5) is 0 Å². The zero-order valence-corrected chi connectivity index (χ0v) is 15.6. The molecular weight excluding hydrogens is 372 g/mol. The molecule has 0 spiro atoms. The van der Waals surface area contributed by atoms with Crippen LogP contribution in [0.5, 0.6) is 0 Å². The van der Waals surface area contributed by atoms with Crippen LogP contribution in [0.1, 0.15) is 47.8 Å². The molecule has 0 aliphatic carbocycles. The second-order valence-corrected chi connectivity index (χ2v) is 8.10. The lowest BCUT2D eigenvalue weighted by molar-refractivity contribution is 0.0392. The molecule has 0 atom stereocenters. The zero-order valence-electron chi connectivity index (χ0n) is 14.8. The summed E-state index contributed by atoms with van der Waals surface area (Å²) in [7, 11) is -3.57. The summed E-state index contributed by atoms with van der Waals surface area (Å²) in [4.78, 5) is 16.3.